The van der Waals surface area contributed by atoms with E-state index in [1.165, 1.54) is 171 Å². The van der Waals surface area contributed by atoms with Crippen LogP contribution >= 0.6 is 0 Å². The molecular weight excluding hydrogens is 840 g/mol. The van der Waals surface area contributed by atoms with Gasteiger partial charge in [-0.05, 0) is 79.4 Å². The van der Waals surface area contributed by atoms with Gasteiger partial charge in [-0.1, -0.05) is 214 Å². The summed E-state index contributed by atoms with van der Waals surface area (Å²) in [6.45, 7) is 25.1. The molecule has 0 bridgehead atoms. The molecule has 2 radical (unpaired) electrons. The maximum atomic E-state index is 3.06. The van der Waals surface area contributed by atoms with Gasteiger partial charge in [-0.25, -0.2) is 0 Å². The van der Waals surface area contributed by atoms with Crippen molar-refractivity contribution in [2.45, 2.75) is 108 Å². The Balaban J connectivity index is 0.000000254. The summed E-state index contributed by atoms with van der Waals surface area (Å²) in [5.41, 5.74) is 24.2. The predicted octanol–water partition coefficient (Wildman–Crippen LogP) is 17.5. The summed E-state index contributed by atoms with van der Waals surface area (Å²) in [5, 5.41) is 5.55. The summed E-state index contributed by atoms with van der Waals surface area (Å²) >= 11 is 1.36. The molecule has 0 amide bonds. The van der Waals surface area contributed by atoms with Gasteiger partial charge in [0.2, 0.25) is 0 Å². The van der Waals surface area contributed by atoms with E-state index in [1.807, 2.05) is 0 Å². The molecule has 0 saturated carbocycles. The molecule has 8 aromatic rings. The van der Waals surface area contributed by atoms with Crippen molar-refractivity contribution < 1.29 is 23.3 Å². The van der Waals surface area contributed by atoms with Gasteiger partial charge in [0.1, 0.15) is 0 Å². The number of fused-ring (bicyclic) bond motifs is 2. The summed E-state index contributed by atoms with van der Waals surface area (Å²) in [6, 6.07) is 46.6. The minimum atomic E-state index is 0. The summed E-state index contributed by atoms with van der Waals surface area (Å²) in [6.07, 6.45) is 7.26. The predicted molar refractivity (Wildman–Crippen MR) is 275 cm³/mol. The van der Waals surface area contributed by atoms with E-state index in [4.69, 9.17) is 0 Å². The first-order chi connectivity index (χ1) is 28.9. The van der Waals surface area contributed by atoms with Crippen LogP contribution in [-0.2, 0) is 36.2 Å². The van der Waals surface area contributed by atoms with E-state index in [9.17, 15) is 0 Å². The van der Waals surface area contributed by atoms with Crippen molar-refractivity contribution in [2.75, 3.05) is 0 Å². The summed E-state index contributed by atoms with van der Waals surface area (Å²) in [5.74, 6) is 0. The fourth-order valence-electron chi connectivity index (χ4n) is 9.30. The Morgan fingerprint density at radius 1 is 0.371 bits per heavy atom. The molecule has 2 heteroatoms. The second kappa shape index (κ2) is 22.8. The van der Waals surface area contributed by atoms with Gasteiger partial charge in [-0.2, -0.15) is 12.1 Å². The van der Waals surface area contributed by atoms with Gasteiger partial charge in [-0.15, -0.1) is 44.8 Å². The normalized spacial score (nSPS) is 10.7. The van der Waals surface area contributed by atoms with E-state index >= 15 is 0 Å². The molecule has 0 fully saturated rings. The van der Waals surface area contributed by atoms with Crippen LogP contribution in [0, 0.1) is 70.2 Å². The number of aryl methyl sites for hydroxylation is 10. The van der Waals surface area contributed by atoms with Crippen molar-refractivity contribution in [2.24, 2.45) is 0 Å². The number of unbranched alkanes of at least 4 members (excludes halogenated alkanes) is 2. The second-order valence-corrected chi connectivity index (χ2v) is 17.4. The summed E-state index contributed by atoms with van der Waals surface area (Å²) < 4.78 is 0. The number of hydrogen-bond donors (Lipinski definition) is 0. The van der Waals surface area contributed by atoms with E-state index < -0.39 is 0 Å². The van der Waals surface area contributed by atoms with Crippen LogP contribution in [0.4, 0.5) is 0 Å². The quantitative estimate of drug-likeness (QED) is 0.0947. The standard InChI is InChI=1S/2C29H31.2CH3.Si.Zr/c2*1-6-7-8-23-17-28-26(24-13-19(2)11-20(3)14-24)9-10-27(29(28)18-23)25-15-21(4)12-22(5)16-25;;;;/h2*9-18H,6-8H2,1-5H3;2*1H3;;/q4*-1;;. The molecule has 0 N–H and O–H groups in total. The van der Waals surface area contributed by atoms with E-state index in [2.05, 4.69) is 197 Å². The zero-order chi connectivity index (χ0) is 43.1. The molecule has 0 heterocycles. The third-order valence-corrected chi connectivity index (χ3v) is 11.7. The molecule has 0 nitrogen and oxygen atoms in total. The Kier molecular flexibility index (Phi) is 18.5. The maximum absolute atomic E-state index is 3.06. The van der Waals surface area contributed by atoms with Crippen LogP contribution in [0.2, 0.25) is 0 Å². The van der Waals surface area contributed by atoms with Crippen molar-refractivity contribution in [3.8, 4) is 44.5 Å². The van der Waals surface area contributed by atoms with Crippen LogP contribution in [0.25, 0.3) is 66.1 Å². The van der Waals surface area contributed by atoms with E-state index in [1.54, 1.807) is 0 Å². The van der Waals surface area contributed by atoms with Crippen LogP contribution in [-0.4, -0.2) is 6.88 Å². The van der Waals surface area contributed by atoms with Crippen LogP contribution in [0.15, 0.2) is 121 Å². The minimum absolute atomic E-state index is 0. The van der Waals surface area contributed by atoms with Crippen LogP contribution in [0.1, 0.15) is 95.2 Å². The Hall–Kier alpha value is -4.36. The van der Waals surface area contributed by atoms with Crippen molar-refractivity contribution in [1.29, 1.82) is 0 Å². The zero-order valence-electron chi connectivity index (χ0n) is 39.8. The van der Waals surface area contributed by atoms with E-state index in [0.29, 0.717) is 0 Å². The van der Waals surface area contributed by atoms with E-state index in [0.717, 1.165) is 12.8 Å². The summed E-state index contributed by atoms with van der Waals surface area (Å²) in [7, 11) is 0. The average Bonchev–Trinajstić information content (AvgIpc) is 3.83. The SMILES string of the molecule is CCCCc1cc2c(-c3cc(C)cc(C)c3)ccc(-c3cc(C)cc(C)c3)c2[cH-]1.CCCCc1cc2c(-c3cc(C)cc(C)c3)ccc(-c3cc(C)cc(C)c3)c2[cH-]1.[CH3-].[CH3-].[Si]=[Zr]. The molecule has 0 aliphatic carbocycles. The molecule has 0 spiro atoms. The first-order valence-electron chi connectivity index (χ1n) is 21.9. The van der Waals surface area contributed by atoms with Gasteiger partial charge in [0.15, 0.2) is 0 Å². The first kappa shape index (κ1) is 50.3. The van der Waals surface area contributed by atoms with Crippen molar-refractivity contribution >= 4 is 28.4 Å². The first-order valence-corrected chi connectivity index (χ1v) is 26.1. The summed E-state index contributed by atoms with van der Waals surface area (Å²) in [4.78, 5) is 0. The average molecular weight is 909 g/mol. The third-order valence-electron chi connectivity index (χ3n) is 11.7. The van der Waals surface area contributed by atoms with Gasteiger partial charge in [0, 0.05) is 0 Å². The van der Waals surface area contributed by atoms with Crippen molar-refractivity contribution in [3.63, 3.8) is 0 Å². The number of hydrogen-bond acceptors (Lipinski definition) is 0. The van der Waals surface area contributed by atoms with Gasteiger partial charge >= 0.3 is 30.2 Å². The molecule has 8 rings (SSSR count). The van der Waals surface area contributed by atoms with E-state index in [-0.39, 0.29) is 14.9 Å². The molecule has 0 aliphatic heterocycles. The van der Waals surface area contributed by atoms with Crippen molar-refractivity contribution in [3.05, 3.63) is 192 Å². The Morgan fingerprint density at radius 2 is 0.613 bits per heavy atom. The molecule has 0 aromatic heterocycles. The van der Waals surface area contributed by atoms with Crippen LogP contribution in [0.3, 0.4) is 0 Å². The molecular formula is C60H68SiZr-4. The monoisotopic (exact) mass is 906 g/mol. The number of benzene rings is 6. The molecule has 8 aromatic carbocycles. The fourth-order valence-corrected chi connectivity index (χ4v) is 9.30. The molecule has 0 saturated heterocycles. The second-order valence-electron chi connectivity index (χ2n) is 17.4. The van der Waals surface area contributed by atoms with Crippen molar-refractivity contribution in [1.82, 2.24) is 0 Å². The van der Waals surface area contributed by atoms with Gasteiger partial charge in [-0.3, -0.25) is 0 Å². The fraction of sp³-hybridized carbons (Fsp3) is 0.267. The van der Waals surface area contributed by atoms with Crippen LogP contribution in [0.5, 0.6) is 0 Å². The molecule has 62 heavy (non-hydrogen) atoms. The van der Waals surface area contributed by atoms with Gasteiger partial charge in [0.05, 0.1) is 0 Å². The third kappa shape index (κ3) is 12.0. The molecule has 0 unspecified atom stereocenters. The Morgan fingerprint density at radius 3 is 0.871 bits per heavy atom. The zero-order valence-corrected chi connectivity index (χ0v) is 43.2. The molecule has 0 aliphatic rings. The Labute approximate surface area is 393 Å². The van der Waals surface area contributed by atoms with Gasteiger partial charge < -0.3 is 14.9 Å². The molecule has 320 valence electrons. The van der Waals surface area contributed by atoms with Crippen LogP contribution < -0.4 is 0 Å². The topological polar surface area (TPSA) is 0 Å². The van der Waals surface area contributed by atoms with Gasteiger partial charge in [0.25, 0.3) is 0 Å². The molecule has 0 atom stereocenters. The Bertz CT molecular complexity index is 2300. The number of rotatable bonds is 10.